The highest BCUT2D eigenvalue weighted by Gasteiger charge is 2.20. The van der Waals surface area contributed by atoms with E-state index in [4.69, 9.17) is 15.3 Å². The molecular weight excluding hydrogens is 368 g/mol. The molecule has 0 saturated carbocycles. The van der Waals surface area contributed by atoms with Gasteiger partial charge in [-0.3, -0.25) is 19.4 Å². The van der Waals surface area contributed by atoms with Crippen molar-refractivity contribution in [2.45, 2.75) is 12.6 Å². The Morgan fingerprint density at radius 3 is 2.43 bits per heavy atom. The standard InChI is InChI=1S/C17H22N6O5/c1-21-14-13(15(25)22(2)17(21)26)23(16(19-14)20-18)8-10(24)9-28-12-6-4-11(27-3)5-7-12/h4-7,10,24H,8-9,18H2,1-3H3,(H,19,20)/t10-/m1/s1. The molecule has 11 nitrogen and oxygen atoms in total. The number of aromatic nitrogens is 4. The van der Waals surface area contributed by atoms with Gasteiger partial charge in [0.25, 0.3) is 5.56 Å². The Bertz CT molecular complexity index is 1100. The first-order valence-corrected chi connectivity index (χ1v) is 8.45. The van der Waals surface area contributed by atoms with Crippen LogP contribution in [0.15, 0.2) is 33.9 Å². The average Bonchev–Trinajstić information content (AvgIpc) is 3.07. The van der Waals surface area contributed by atoms with Gasteiger partial charge < -0.3 is 19.1 Å². The molecule has 0 aliphatic heterocycles. The fourth-order valence-electron chi connectivity index (χ4n) is 2.86. The van der Waals surface area contributed by atoms with Crippen LogP contribution in [-0.2, 0) is 20.6 Å². The van der Waals surface area contributed by atoms with Crippen LogP contribution in [0.25, 0.3) is 11.2 Å². The minimum atomic E-state index is -0.964. The molecule has 0 fully saturated rings. The maximum Gasteiger partial charge on any atom is 0.332 e. The van der Waals surface area contributed by atoms with Gasteiger partial charge in [0.1, 0.15) is 24.2 Å². The summed E-state index contributed by atoms with van der Waals surface area (Å²) in [7, 11) is 4.45. The largest absolute Gasteiger partial charge is 0.497 e. The molecule has 0 unspecified atom stereocenters. The molecule has 0 radical (unpaired) electrons. The van der Waals surface area contributed by atoms with Gasteiger partial charge in [0, 0.05) is 14.1 Å². The smallest absolute Gasteiger partial charge is 0.332 e. The summed E-state index contributed by atoms with van der Waals surface area (Å²) in [6.07, 6.45) is -0.964. The van der Waals surface area contributed by atoms with Gasteiger partial charge in [-0.1, -0.05) is 0 Å². The number of rotatable bonds is 7. The van der Waals surface area contributed by atoms with Crippen LogP contribution in [-0.4, -0.2) is 43.6 Å². The number of nitrogens with zero attached hydrogens (tertiary/aromatic N) is 4. The monoisotopic (exact) mass is 390 g/mol. The second-order valence-corrected chi connectivity index (χ2v) is 6.21. The summed E-state index contributed by atoms with van der Waals surface area (Å²) in [4.78, 5) is 28.8. The number of fused-ring (bicyclic) bond motifs is 1. The second-order valence-electron chi connectivity index (χ2n) is 6.21. The zero-order valence-electron chi connectivity index (χ0n) is 15.7. The van der Waals surface area contributed by atoms with Gasteiger partial charge in [-0.15, -0.1) is 0 Å². The van der Waals surface area contributed by atoms with E-state index < -0.39 is 17.4 Å². The quantitative estimate of drug-likeness (QED) is 0.351. The van der Waals surface area contributed by atoms with Gasteiger partial charge >= 0.3 is 5.69 Å². The molecule has 3 rings (SSSR count). The fraction of sp³-hybridized carbons (Fsp3) is 0.353. The SMILES string of the molecule is COc1ccc(OC[C@H](O)Cn2c(NN)nc3c2c(=O)n(C)c(=O)n3C)cc1. The first kappa shape index (κ1) is 19.5. The van der Waals surface area contributed by atoms with Crippen LogP contribution in [0.5, 0.6) is 11.5 Å². The number of anilines is 1. The normalized spacial score (nSPS) is 12.2. The molecular formula is C17H22N6O5. The van der Waals surface area contributed by atoms with Crippen molar-refractivity contribution in [2.24, 2.45) is 19.9 Å². The Hall–Kier alpha value is -3.31. The molecule has 0 saturated heterocycles. The number of hydrogen-bond donors (Lipinski definition) is 3. The second kappa shape index (κ2) is 7.74. The molecule has 4 N–H and O–H groups in total. The molecule has 1 aromatic carbocycles. The average molecular weight is 390 g/mol. The molecule has 0 bridgehead atoms. The maximum atomic E-state index is 12.6. The first-order chi connectivity index (χ1) is 13.4. The lowest BCUT2D eigenvalue weighted by molar-refractivity contribution is 0.0938. The van der Waals surface area contributed by atoms with E-state index in [9.17, 15) is 14.7 Å². The third kappa shape index (κ3) is 3.44. The van der Waals surface area contributed by atoms with Crippen LogP contribution in [0.2, 0.25) is 0 Å². The Kier molecular flexibility index (Phi) is 5.38. The highest BCUT2D eigenvalue weighted by molar-refractivity contribution is 5.74. The number of benzene rings is 1. The molecule has 2 heterocycles. The fourth-order valence-corrected chi connectivity index (χ4v) is 2.86. The van der Waals surface area contributed by atoms with Gasteiger partial charge in [-0.25, -0.2) is 10.6 Å². The van der Waals surface area contributed by atoms with E-state index in [0.717, 1.165) is 4.57 Å². The van der Waals surface area contributed by atoms with Gasteiger partial charge in [-0.2, -0.15) is 4.98 Å². The molecule has 28 heavy (non-hydrogen) atoms. The number of ether oxygens (including phenoxy) is 2. The number of nitrogens with one attached hydrogen (secondary N) is 1. The van der Waals surface area contributed by atoms with Crippen LogP contribution in [0.1, 0.15) is 0 Å². The lowest BCUT2D eigenvalue weighted by Crippen LogP contribution is -2.38. The van der Waals surface area contributed by atoms with Crippen LogP contribution in [0.4, 0.5) is 5.95 Å². The van der Waals surface area contributed by atoms with E-state index in [0.29, 0.717) is 11.5 Å². The Morgan fingerprint density at radius 2 is 1.82 bits per heavy atom. The summed E-state index contributed by atoms with van der Waals surface area (Å²) in [6, 6.07) is 6.92. The summed E-state index contributed by atoms with van der Waals surface area (Å²) in [5.74, 6) is 6.91. The van der Waals surface area contributed by atoms with E-state index >= 15 is 0 Å². The third-order valence-electron chi connectivity index (χ3n) is 4.37. The van der Waals surface area contributed by atoms with Crippen LogP contribution >= 0.6 is 0 Å². The Balaban J connectivity index is 1.86. The lowest BCUT2D eigenvalue weighted by atomic mass is 10.3. The zero-order valence-corrected chi connectivity index (χ0v) is 15.7. The van der Waals surface area contributed by atoms with Crippen molar-refractivity contribution in [1.82, 2.24) is 18.7 Å². The number of aliphatic hydroxyl groups excluding tert-OH is 1. The summed E-state index contributed by atoms with van der Waals surface area (Å²) >= 11 is 0. The summed E-state index contributed by atoms with van der Waals surface area (Å²) in [5.41, 5.74) is 1.68. The number of hydrazine groups is 1. The van der Waals surface area contributed by atoms with Gasteiger partial charge in [-0.05, 0) is 24.3 Å². The molecule has 0 spiro atoms. The number of hydrogen-bond acceptors (Lipinski definition) is 8. The highest BCUT2D eigenvalue weighted by Crippen LogP contribution is 2.18. The van der Waals surface area contributed by atoms with Crippen LogP contribution < -0.4 is 32.0 Å². The number of nitrogen functional groups attached to an aromatic ring is 1. The minimum absolute atomic E-state index is 0.0143. The highest BCUT2D eigenvalue weighted by atomic mass is 16.5. The van der Waals surface area contributed by atoms with E-state index in [-0.39, 0.29) is 30.3 Å². The molecule has 0 aliphatic carbocycles. The summed E-state index contributed by atoms with van der Waals surface area (Å²) in [5, 5.41) is 10.4. The Labute approximate surface area is 159 Å². The Morgan fingerprint density at radius 1 is 1.18 bits per heavy atom. The summed E-state index contributed by atoms with van der Waals surface area (Å²) < 4.78 is 14.3. The van der Waals surface area contributed by atoms with Crippen molar-refractivity contribution in [2.75, 3.05) is 19.1 Å². The third-order valence-corrected chi connectivity index (χ3v) is 4.37. The minimum Gasteiger partial charge on any atom is -0.497 e. The topological polar surface area (TPSA) is 139 Å². The van der Waals surface area contributed by atoms with Crippen molar-refractivity contribution < 1.29 is 14.6 Å². The number of methoxy groups -OCH3 is 1. The molecule has 2 aromatic heterocycles. The van der Waals surface area contributed by atoms with E-state index in [1.54, 1.807) is 31.4 Å². The van der Waals surface area contributed by atoms with Crippen LogP contribution in [0.3, 0.4) is 0 Å². The predicted octanol–water partition coefficient (Wildman–Crippen LogP) is -0.832. The van der Waals surface area contributed by atoms with Crippen molar-refractivity contribution in [3.8, 4) is 11.5 Å². The lowest BCUT2D eigenvalue weighted by Gasteiger charge is -2.15. The number of imidazole rings is 1. The maximum absolute atomic E-state index is 12.6. The van der Waals surface area contributed by atoms with Gasteiger partial charge in [0.2, 0.25) is 5.95 Å². The van der Waals surface area contributed by atoms with Gasteiger partial charge in [0.05, 0.1) is 13.7 Å². The predicted molar refractivity (Wildman–Crippen MR) is 103 cm³/mol. The van der Waals surface area contributed by atoms with Crippen molar-refractivity contribution in [3.05, 3.63) is 45.1 Å². The van der Waals surface area contributed by atoms with Crippen molar-refractivity contribution >= 4 is 17.1 Å². The number of nitrogens with two attached hydrogens (primary N) is 1. The van der Waals surface area contributed by atoms with E-state index in [1.165, 1.54) is 23.2 Å². The molecule has 0 aliphatic rings. The molecule has 0 amide bonds. The molecule has 11 heteroatoms. The zero-order chi connectivity index (χ0) is 20.4. The van der Waals surface area contributed by atoms with E-state index in [1.807, 2.05) is 0 Å². The van der Waals surface area contributed by atoms with Crippen LogP contribution in [0, 0.1) is 0 Å². The van der Waals surface area contributed by atoms with Crippen molar-refractivity contribution in [1.29, 1.82) is 0 Å². The first-order valence-electron chi connectivity index (χ1n) is 8.45. The summed E-state index contributed by atoms with van der Waals surface area (Å²) in [6.45, 7) is -0.0400. The van der Waals surface area contributed by atoms with E-state index in [2.05, 4.69) is 10.4 Å². The number of aryl methyl sites for hydroxylation is 1. The molecule has 150 valence electrons. The number of aliphatic hydroxyl groups is 1. The molecule has 3 aromatic rings. The van der Waals surface area contributed by atoms with Gasteiger partial charge in [0.15, 0.2) is 11.2 Å². The van der Waals surface area contributed by atoms with Crippen molar-refractivity contribution in [3.63, 3.8) is 0 Å². The molecule has 1 atom stereocenters.